The van der Waals surface area contributed by atoms with Crippen LogP contribution in [0.4, 0.5) is 0 Å². The van der Waals surface area contributed by atoms with Gasteiger partial charge < -0.3 is 5.11 Å². The van der Waals surface area contributed by atoms with Crippen LogP contribution in [-0.2, 0) is 0 Å². The van der Waals surface area contributed by atoms with Crippen LogP contribution in [0.25, 0.3) is 0 Å². The lowest BCUT2D eigenvalue weighted by atomic mass is 10.0. The van der Waals surface area contributed by atoms with Crippen LogP contribution in [-0.4, -0.2) is 11.2 Å². The average molecular weight is 254 g/mol. The van der Waals surface area contributed by atoms with E-state index in [-0.39, 0.29) is 6.10 Å². The third kappa shape index (κ3) is 13.8. The molecule has 0 aromatic carbocycles. The smallest absolute Gasteiger partial charge is 0.0718 e. The second-order valence-corrected chi connectivity index (χ2v) is 5.48. The third-order valence-electron chi connectivity index (χ3n) is 3.63. The number of hydrogen-bond acceptors (Lipinski definition) is 1. The largest absolute Gasteiger partial charge is 0.389 e. The van der Waals surface area contributed by atoms with Gasteiger partial charge >= 0.3 is 0 Å². The highest BCUT2D eigenvalue weighted by molar-refractivity contribution is 4.77. The summed E-state index contributed by atoms with van der Waals surface area (Å²) >= 11 is 0. The van der Waals surface area contributed by atoms with Gasteiger partial charge in [-0.2, -0.15) is 0 Å². The molecule has 0 aliphatic heterocycles. The van der Waals surface area contributed by atoms with Gasteiger partial charge in [0, 0.05) is 0 Å². The fourth-order valence-electron chi connectivity index (χ4n) is 2.31. The van der Waals surface area contributed by atoms with Crippen LogP contribution in [0, 0.1) is 0 Å². The highest BCUT2D eigenvalue weighted by Gasteiger charge is 1.97. The predicted octanol–water partition coefficient (Wildman–Crippen LogP) is 5.62. The van der Waals surface area contributed by atoms with E-state index in [0.29, 0.717) is 0 Å². The molecule has 0 aromatic rings. The molecule has 108 valence electrons. The molecule has 0 fully saturated rings. The first-order valence-electron chi connectivity index (χ1n) is 8.12. The molecule has 0 unspecified atom stereocenters. The number of unbranched alkanes of at least 4 members (excludes halogenated alkanes) is 11. The molecule has 0 aliphatic rings. The Morgan fingerprint density at radius 2 is 1.17 bits per heavy atom. The molecule has 0 heterocycles. The van der Waals surface area contributed by atoms with Gasteiger partial charge in [0.15, 0.2) is 0 Å². The topological polar surface area (TPSA) is 20.2 Å². The summed E-state index contributed by atoms with van der Waals surface area (Å²) in [5.41, 5.74) is 0. The van der Waals surface area contributed by atoms with Crippen LogP contribution in [0.15, 0.2) is 12.7 Å². The van der Waals surface area contributed by atoms with E-state index < -0.39 is 0 Å². The molecule has 0 spiro atoms. The van der Waals surface area contributed by atoms with Crippen LogP contribution < -0.4 is 0 Å². The zero-order valence-corrected chi connectivity index (χ0v) is 12.5. The Bertz CT molecular complexity index is 165. The van der Waals surface area contributed by atoms with Crippen molar-refractivity contribution < 1.29 is 5.11 Å². The summed E-state index contributed by atoms with van der Waals surface area (Å²) in [5, 5.41) is 9.30. The van der Waals surface area contributed by atoms with Gasteiger partial charge in [0.25, 0.3) is 0 Å². The summed E-state index contributed by atoms with van der Waals surface area (Å²) in [5.74, 6) is 0. The van der Waals surface area contributed by atoms with Gasteiger partial charge in [0.1, 0.15) is 0 Å². The minimum atomic E-state index is -0.284. The average Bonchev–Trinajstić information content (AvgIpc) is 2.39. The van der Waals surface area contributed by atoms with Gasteiger partial charge in [-0.05, 0) is 6.42 Å². The van der Waals surface area contributed by atoms with Gasteiger partial charge in [-0.15, -0.1) is 6.58 Å². The molecule has 0 aromatic heterocycles. The van der Waals surface area contributed by atoms with E-state index in [1.54, 1.807) is 6.08 Å². The lowest BCUT2D eigenvalue weighted by molar-refractivity contribution is 0.208. The number of aliphatic hydroxyl groups is 1. The van der Waals surface area contributed by atoms with Crippen molar-refractivity contribution >= 4 is 0 Å². The van der Waals surface area contributed by atoms with E-state index in [1.807, 2.05) is 0 Å². The van der Waals surface area contributed by atoms with Crippen LogP contribution in [0.2, 0.25) is 0 Å². The highest BCUT2D eigenvalue weighted by Crippen LogP contribution is 2.12. The van der Waals surface area contributed by atoms with E-state index in [1.165, 1.54) is 70.6 Å². The first-order chi connectivity index (χ1) is 8.81. The summed E-state index contributed by atoms with van der Waals surface area (Å²) in [7, 11) is 0. The Morgan fingerprint density at radius 1 is 0.778 bits per heavy atom. The van der Waals surface area contributed by atoms with Gasteiger partial charge in [0.2, 0.25) is 0 Å². The van der Waals surface area contributed by atoms with Gasteiger partial charge in [-0.3, -0.25) is 0 Å². The van der Waals surface area contributed by atoms with Crippen molar-refractivity contribution in [3.63, 3.8) is 0 Å². The van der Waals surface area contributed by atoms with Gasteiger partial charge in [0.05, 0.1) is 6.10 Å². The van der Waals surface area contributed by atoms with Crippen molar-refractivity contribution in [2.75, 3.05) is 0 Å². The Morgan fingerprint density at radius 3 is 1.56 bits per heavy atom. The summed E-state index contributed by atoms with van der Waals surface area (Å²) in [6.07, 6.45) is 18.7. The molecule has 0 rings (SSSR count). The summed E-state index contributed by atoms with van der Waals surface area (Å²) in [6.45, 7) is 5.86. The molecule has 0 bridgehead atoms. The lowest BCUT2D eigenvalue weighted by Gasteiger charge is -2.05. The maximum absolute atomic E-state index is 9.30. The highest BCUT2D eigenvalue weighted by atomic mass is 16.3. The van der Waals surface area contributed by atoms with Crippen molar-refractivity contribution in [2.24, 2.45) is 0 Å². The maximum atomic E-state index is 9.30. The molecular formula is C17H34O. The fourth-order valence-corrected chi connectivity index (χ4v) is 2.31. The minimum absolute atomic E-state index is 0.284. The zero-order valence-electron chi connectivity index (χ0n) is 12.5. The molecule has 0 saturated carbocycles. The number of aliphatic hydroxyl groups excluding tert-OH is 1. The van der Waals surface area contributed by atoms with Gasteiger partial charge in [-0.1, -0.05) is 90.0 Å². The van der Waals surface area contributed by atoms with E-state index in [2.05, 4.69) is 13.5 Å². The zero-order chi connectivity index (χ0) is 13.5. The monoisotopic (exact) mass is 254 g/mol. The van der Waals surface area contributed by atoms with Crippen molar-refractivity contribution in [1.82, 2.24) is 0 Å². The molecule has 1 N–H and O–H groups in total. The van der Waals surface area contributed by atoms with Crippen molar-refractivity contribution in [1.29, 1.82) is 0 Å². The van der Waals surface area contributed by atoms with Crippen LogP contribution in [0.3, 0.4) is 0 Å². The van der Waals surface area contributed by atoms with Crippen molar-refractivity contribution in [3.05, 3.63) is 12.7 Å². The number of rotatable bonds is 14. The van der Waals surface area contributed by atoms with Crippen LogP contribution in [0.5, 0.6) is 0 Å². The summed E-state index contributed by atoms with van der Waals surface area (Å²) in [6, 6.07) is 0. The number of hydrogen-bond donors (Lipinski definition) is 1. The molecule has 0 amide bonds. The van der Waals surface area contributed by atoms with Crippen molar-refractivity contribution in [3.8, 4) is 0 Å². The van der Waals surface area contributed by atoms with Crippen LogP contribution >= 0.6 is 0 Å². The lowest BCUT2D eigenvalue weighted by Crippen LogP contribution is -2.00. The van der Waals surface area contributed by atoms with E-state index in [9.17, 15) is 5.11 Å². The maximum Gasteiger partial charge on any atom is 0.0718 e. The molecule has 18 heavy (non-hydrogen) atoms. The molecule has 0 saturated heterocycles. The third-order valence-corrected chi connectivity index (χ3v) is 3.63. The SMILES string of the molecule is C=C[C@@H](O)CCCCCCCCCCCCCC. The Kier molecular flexibility index (Phi) is 14.5. The second kappa shape index (κ2) is 14.8. The standard InChI is InChI=1S/C17H34O/c1-3-5-6-7-8-9-10-11-12-13-14-15-16-17(18)4-2/h4,17-18H,2-3,5-16H2,1H3/t17-/m1/s1. The first kappa shape index (κ1) is 17.7. The van der Waals surface area contributed by atoms with Gasteiger partial charge in [-0.25, -0.2) is 0 Å². The fraction of sp³-hybridized carbons (Fsp3) is 0.882. The molecule has 1 heteroatoms. The van der Waals surface area contributed by atoms with E-state index in [0.717, 1.165) is 12.8 Å². The Hall–Kier alpha value is -0.300. The summed E-state index contributed by atoms with van der Waals surface area (Å²) < 4.78 is 0. The molecule has 0 radical (unpaired) electrons. The Labute approximate surface area is 115 Å². The summed E-state index contributed by atoms with van der Waals surface area (Å²) in [4.78, 5) is 0. The normalized spacial score (nSPS) is 12.6. The minimum Gasteiger partial charge on any atom is -0.389 e. The Balaban J connectivity index is 2.96. The molecular weight excluding hydrogens is 220 g/mol. The molecule has 1 nitrogen and oxygen atoms in total. The predicted molar refractivity (Wildman–Crippen MR) is 81.9 cm³/mol. The van der Waals surface area contributed by atoms with Crippen LogP contribution in [0.1, 0.15) is 90.4 Å². The van der Waals surface area contributed by atoms with E-state index >= 15 is 0 Å². The quantitative estimate of drug-likeness (QED) is 0.315. The molecule has 1 atom stereocenters. The first-order valence-corrected chi connectivity index (χ1v) is 8.12. The second-order valence-electron chi connectivity index (χ2n) is 5.48. The molecule has 0 aliphatic carbocycles. The van der Waals surface area contributed by atoms with Crippen molar-refractivity contribution in [2.45, 2.75) is 96.5 Å². The van der Waals surface area contributed by atoms with E-state index in [4.69, 9.17) is 0 Å².